The summed E-state index contributed by atoms with van der Waals surface area (Å²) in [5.41, 5.74) is 1.39. The Hall–Kier alpha value is -1.30. The summed E-state index contributed by atoms with van der Waals surface area (Å²) in [5, 5.41) is 9.04. The molecule has 0 radical (unpaired) electrons. The molecule has 2 rings (SSSR count). The maximum Gasteiger partial charge on any atom is 0.348 e. The normalized spacial score (nSPS) is 27.6. The fourth-order valence-electron chi connectivity index (χ4n) is 2.89. The van der Waals surface area contributed by atoms with Crippen molar-refractivity contribution in [3.63, 3.8) is 0 Å². The molecule has 2 bridgehead atoms. The van der Waals surface area contributed by atoms with Crippen LogP contribution < -0.4 is 0 Å². The molecule has 0 N–H and O–H groups in total. The van der Waals surface area contributed by atoms with Crippen LogP contribution in [0.15, 0.2) is 11.1 Å². The summed E-state index contributed by atoms with van der Waals surface area (Å²) in [6.07, 6.45) is 4.57. The number of esters is 1. The standard InChI is InChI=1S/C12H15NO2/c1-2-15-12(14)10(7-13)11-8-3-4-9(11)6-5-8/h8-9H,2-6H2,1H3. The molecular formula is C12H15NO2. The van der Waals surface area contributed by atoms with E-state index in [1.165, 1.54) is 0 Å². The zero-order chi connectivity index (χ0) is 10.8. The number of ether oxygens (including phenoxy) is 1. The second-order valence-electron chi connectivity index (χ2n) is 4.21. The van der Waals surface area contributed by atoms with E-state index in [0.717, 1.165) is 31.3 Å². The van der Waals surface area contributed by atoms with Crippen LogP contribution in [0.25, 0.3) is 0 Å². The van der Waals surface area contributed by atoms with E-state index >= 15 is 0 Å². The summed E-state index contributed by atoms with van der Waals surface area (Å²) in [7, 11) is 0. The van der Waals surface area contributed by atoms with Gasteiger partial charge in [0.05, 0.1) is 6.61 Å². The summed E-state index contributed by atoms with van der Waals surface area (Å²) in [6, 6.07) is 2.03. The summed E-state index contributed by atoms with van der Waals surface area (Å²) in [5.74, 6) is 0.539. The molecule has 0 saturated heterocycles. The van der Waals surface area contributed by atoms with Gasteiger partial charge >= 0.3 is 5.97 Å². The maximum atomic E-state index is 11.6. The number of allylic oxidation sites excluding steroid dienone is 1. The van der Waals surface area contributed by atoms with Crippen LogP contribution in [0.2, 0.25) is 0 Å². The molecule has 0 aromatic carbocycles. The Morgan fingerprint density at radius 1 is 1.40 bits per heavy atom. The number of hydrogen-bond acceptors (Lipinski definition) is 3. The molecule has 0 unspecified atom stereocenters. The SMILES string of the molecule is CCOC(=O)C(C#N)=C1C2CCC1CC2. The number of nitrogens with zero attached hydrogens (tertiary/aromatic N) is 1. The van der Waals surface area contributed by atoms with E-state index in [0.29, 0.717) is 24.0 Å². The fourth-order valence-corrected chi connectivity index (χ4v) is 2.89. The Morgan fingerprint density at radius 2 is 1.93 bits per heavy atom. The average Bonchev–Trinajstić information content (AvgIpc) is 2.80. The lowest BCUT2D eigenvalue weighted by Gasteiger charge is -2.07. The van der Waals surface area contributed by atoms with Crippen molar-refractivity contribution in [1.29, 1.82) is 5.26 Å². The first-order valence-corrected chi connectivity index (χ1v) is 5.59. The zero-order valence-corrected chi connectivity index (χ0v) is 8.95. The van der Waals surface area contributed by atoms with E-state index in [2.05, 4.69) is 0 Å². The number of carbonyl (C=O) groups excluding carboxylic acids is 1. The van der Waals surface area contributed by atoms with Gasteiger partial charge in [-0.3, -0.25) is 0 Å². The summed E-state index contributed by atoms with van der Waals surface area (Å²) in [4.78, 5) is 11.6. The molecular weight excluding hydrogens is 190 g/mol. The van der Waals surface area contributed by atoms with Gasteiger partial charge < -0.3 is 4.74 Å². The lowest BCUT2D eigenvalue weighted by Crippen LogP contribution is -2.10. The lowest BCUT2D eigenvalue weighted by molar-refractivity contribution is -0.138. The quantitative estimate of drug-likeness (QED) is 0.394. The molecule has 0 heterocycles. The molecule has 0 aromatic rings. The molecule has 0 aromatic heterocycles. The molecule has 0 atom stereocenters. The first kappa shape index (κ1) is 10.2. The lowest BCUT2D eigenvalue weighted by atomic mass is 10.00. The Kier molecular flexibility index (Phi) is 2.77. The van der Waals surface area contributed by atoms with Crippen LogP contribution in [0.4, 0.5) is 0 Å². The van der Waals surface area contributed by atoms with Crippen molar-refractivity contribution in [2.45, 2.75) is 32.6 Å². The van der Waals surface area contributed by atoms with Crippen molar-refractivity contribution in [3.8, 4) is 6.07 Å². The number of carbonyl (C=O) groups is 1. The number of nitriles is 1. The van der Waals surface area contributed by atoms with Crippen molar-refractivity contribution in [2.75, 3.05) is 6.61 Å². The van der Waals surface area contributed by atoms with E-state index in [4.69, 9.17) is 10.00 Å². The van der Waals surface area contributed by atoms with Crippen LogP contribution in [0.3, 0.4) is 0 Å². The van der Waals surface area contributed by atoms with Crippen LogP contribution in [0, 0.1) is 23.2 Å². The molecule has 2 aliphatic carbocycles. The summed E-state index contributed by atoms with van der Waals surface area (Å²) < 4.78 is 4.91. The zero-order valence-electron chi connectivity index (χ0n) is 8.95. The van der Waals surface area contributed by atoms with Gasteiger partial charge in [-0.15, -0.1) is 0 Å². The van der Waals surface area contributed by atoms with E-state index in [1.54, 1.807) is 6.92 Å². The van der Waals surface area contributed by atoms with Crippen LogP contribution in [-0.2, 0) is 9.53 Å². The fraction of sp³-hybridized carbons (Fsp3) is 0.667. The van der Waals surface area contributed by atoms with Gasteiger partial charge in [-0.05, 0) is 50.0 Å². The summed E-state index contributed by atoms with van der Waals surface area (Å²) in [6.45, 7) is 2.10. The van der Waals surface area contributed by atoms with Gasteiger partial charge in [0.25, 0.3) is 0 Å². The van der Waals surface area contributed by atoms with Gasteiger partial charge in [-0.2, -0.15) is 5.26 Å². The van der Waals surface area contributed by atoms with Crippen LogP contribution in [0.1, 0.15) is 32.6 Å². The number of fused-ring (bicyclic) bond motifs is 2. The highest BCUT2D eigenvalue weighted by atomic mass is 16.5. The van der Waals surface area contributed by atoms with Crippen molar-refractivity contribution >= 4 is 5.97 Å². The highest BCUT2D eigenvalue weighted by Gasteiger charge is 2.40. The minimum atomic E-state index is -0.422. The Balaban J connectivity index is 2.29. The second-order valence-corrected chi connectivity index (χ2v) is 4.21. The maximum absolute atomic E-state index is 11.6. The molecule has 0 amide bonds. The van der Waals surface area contributed by atoms with Crippen molar-refractivity contribution < 1.29 is 9.53 Å². The molecule has 15 heavy (non-hydrogen) atoms. The van der Waals surface area contributed by atoms with Gasteiger partial charge in [-0.25, -0.2) is 4.79 Å². The largest absolute Gasteiger partial charge is 0.462 e. The van der Waals surface area contributed by atoms with Gasteiger partial charge in [0.2, 0.25) is 0 Å². The number of hydrogen-bond donors (Lipinski definition) is 0. The predicted molar refractivity (Wildman–Crippen MR) is 54.7 cm³/mol. The molecule has 0 aliphatic heterocycles. The van der Waals surface area contributed by atoms with Crippen molar-refractivity contribution in [2.24, 2.45) is 11.8 Å². The monoisotopic (exact) mass is 205 g/mol. The van der Waals surface area contributed by atoms with E-state index in [-0.39, 0.29) is 0 Å². The van der Waals surface area contributed by atoms with E-state index in [1.807, 2.05) is 6.07 Å². The van der Waals surface area contributed by atoms with Crippen LogP contribution in [-0.4, -0.2) is 12.6 Å². The van der Waals surface area contributed by atoms with E-state index < -0.39 is 5.97 Å². The highest BCUT2D eigenvalue weighted by molar-refractivity contribution is 5.94. The Labute approximate surface area is 89.7 Å². The minimum Gasteiger partial charge on any atom is -0.462 e. The summed E-state index contributed by atoms with van der Waals surface area (Å²) >= 11 is 0. The van der Waals surface area contributed by atoms with Gasteiger partial charge in [-0.1, -0.05) is 0 Å². The highest BCUT2D eigenvalue weighted by Crippen LogP contribution is 2.50. The van der Waals surface area contributed by atoms with Gasteiger partial charge in [0, 0.05) is 0 Å². The Morgan fingerprint density at radius 3 is 2.33 bits per heavy atom. The molecule has 0 spiro atoms. The van der Waals surface area contributed by atoms with Crippen molar-refractivity contribution in [3.05, 3.63) is 11.1 Å². The molecule has 80 valence electrons. The predicted octanol–water partition coefficient (Wildman–Crippen LogP) is 2.19. The average molecular weight is 205 g/mol. The van der Waals surface area contributed by atoms with Crippen LogP contribution >= 0.6 is 0 Å². The smallest absolute Gasteiger partial charge is 0.348 e. The molecule has 3 heteroatoms. The third kappa shape index (κ3) is 1.65. The third-order valence-electron chi connectivity index (χ3n) is 3.49. The van der Waals surface area contributed by atoms with Crippen LogP contribution in [0.5, 0.6) is 0 Å². The molecule has 2 saturated carbocycles. The number of rotatable bonds is 2. The van der Waals surface area contributed by atoms with Gasteiger partial charge in [0.15, 0.2) is 0 Å². The minimum absolute atomic E-state index is 0.293. The topological polar surface area (TPSA) is 50.1 Å². The molecule has 2 aliphatic rings. The second kappa shape index (κ2) is 4.06. The van der Waals surface area contributed by atoms with Gasteiger partial charge in [0.1, 0.15) is 11.6 Å². The Bertz CT molecular complexity index is 329. The molecule has 2 fully saturated rings. The molecule has 3 nitrogen and oxygen atoms in total. The first-order chi connectivity index (χ1) is 7.27. The van der Waals surface area contributed by atoms with Crippen molar-refractivity contribution in [1.82, 2.24) is 0 Å². The van der Waals surface area contributed by atoms with E-state index in [9.17, 15) is 4.79 Å². The third-order valence-corrected chi connectivity index (χ3v) is 3.49. The first-order valence-electron chi connectivity index (χ1n) is 5.59.